The standard InChI is InChI=1S/C5H10N2O/c1-2-4-6-3-5(8)7-4/h5,8H,2-3H2,1H3,(H,6,7). The van der Waals surface area contributed by atoms with Crippen molar-refractivity contribution in [2.75, 3.05) is 6.54 Å². The molecule has 0 amide bonds. The van der Waals surface area contributed by atoms with Gasteiger partial charge in [0.1, 0.15) is 6.23 Å². The number of amidine groups is 1. The quantitative estimate of drug-likeness (QED) is 0.492. The van der Waals surface area contributed by atoms with Crippen LogP contribution in [0, 0.1) is 0 Å². The van der Waals surface area contributed by atoms with Crippen LogP contribution in [0.25, 0.3) is 0 Å². The Labute approximate surface area is 48.4 Å². The van der Waals surface area contributed by atoms with E-state index in [1.165, 1.54) is 0 Å². The molecular formula is C5H10N2O. The molecule has 0 fully saturated rings. The van der Waals surface area contributed by atoms with E-state index >= 15 is 0 Å². The van der Waals surface area contributed by atoms with Crippen molar-refractivity contribution in [1.29, 1.82) is 0 Å². The molecule has 1 aliphatic rings. The van der Waals surface area contributed by atoms with Gasteiger partial charge in [-0.25, -0.2) is 0 Å². The second-order valence-electron chi connectivity index (χ2n) is 1.80. The molecule has 1 aliphatic heterocycles. The Balaban J connectivity index is 2.37. The van der Waals surface area contributed by atoms with Crippen LogP contribution in [0.15, 0.2) is 4.99 Å². The van der Waals surface area contributed by atoms with Crippen LogP contribution in [-0.2, 0) is 0 Å². The molecule has 1 heterocycles. The molecule has 0 aliphatic carbocycles. The molecule has 1 rings (SSSR count). The van der Waals surface area contributed by atoms with Crippen LogP contribution in [0.2, 0.25) is 0 Å². The van der Waals surface area contributed by atoms with Crippen molar-refractivity contribution in [2.45, 2.75) is 19.6 Å². The van der Waals surface area contributed by atoms with Gasteiger partial charge < -0.3 is 10.4 Å². The highest BCUT2D eigenvalue weighted by molar-refractivity contribution is 5.83. The fourth-order valence-electron chi connectivity index (χ4n) is 0.694. The first-order valence-electron chi connectivity index (χ1n) is 2.81. The number of nitrogens with one attached hydrogen (secondary N) is 1. The minimum atomic E-state index is -0.426. The molecule has 2 N–H and O–H groups in total. The van der Waals surface area contributed by atoms with Gasteiger partial charge in [-0.15, -0.1) is 0 Å². The Morgan fingerprint density at radius 2 is 2.75 bits per heavy atom. The topological polar surface area (TPSA) is 44.6 Å². The minimum Gasteiger partial charge on any atom is -0.372 e. The highest BCUT2D eigenvalue weighted by Crippen LogP contribution is 1.93. The van der Waals surface area contributed by atoms with Gasteiger partial charge in [0.15, 0.2) is 0 Å². The van der Waals surface area contributed by atoms with Crippen LogP contribution in [0.4, 0.5) is 0 Å². The Morgan fingerprint density at radius 1 is 2.00 bits per heavy atom. The molecule has 8 heavy (non-hydrogen) atoms. The average Bonchev–Trinajstić information content (AvgIpc) is 2.14. The maximum Gasteiger partial charge on any atom is 0.145 e. The molecule has 1 atom stereocenters. The molecule has 0 saturated heterocycles. The van der Waals surface area contributed by atoms with Gasteiger partial charge in [-0.2, -0.15) is 0 Å². The van der Waals surface area contributed by atoms with Crippen molar-refractivity contribution in [3.05, 3.63) is 0 Å². The first-order valence-corrected chi connectivity index (χ1v) is 2.81. The van der Waals surface area contributed by atoms with Crippen molar-refractivity contribution < 1.29 is 5.11 Å². The molecule has 0 aromatic rings. The predicted octanol–water partition coefficient (Wildman–Crippen LogP) is -0.283. The normalized spacial score (nSPS) is 27.2. The molecule has 1 unspecified atom stereocenters. The predicted molar refractivity (Wildman–Crippen MR) is 31.7 cm³/mol. The third kappa shape index (κ3) is 0.980. The van der Waals surface area contributed by atoms with Gasteiger partial charge in [0.25, 0.3) is 0 Å². The number of aliphatic imine (C=N–C) groups is 1. The van der Waals surface area contributed by atoms with Gasteiger partial charge in [-0.05, 0) is 0 Å². The maximum absolute atomic E-state index is 8.80. The molecular weight excluding hydrogens is 104 g/mol. The molecule has 0 saturated carbocycles. The van der Waals surface area contributed by atoms with E-state index in [0.29, 0.717) is 6.54 Å². The fourth-order valence-corrected chi connectivity index (χ4v) is 0.694. The zero-order valence-corrected chi connectivity index (χ0v) is 4.89. The van der Waals surface area contributed by atoms with Gasteiger partial charge >= 0.3 is 0 Å². The third-order valence-electron chi connectivity index (χ3n) is 1.12. The number of nitrogens with zero attached hydrogens (tertiary/aromatic N) is 1. The summed E-state index contributed by atoms with van der Waals surface area (Å²) in [5, 5.41) is 11.6. The molecule has 46 valence electrons. The Kier molecular flexibility index (Phi) is 1.48. The summed E-state index contributed by atoms with van der Waals surface area (Å²) in [6, 6.07) is 0. The van der Waals surface area contributed by atoms with Crippen molar-refractivity contribution in [3.63, 3.8) is 0 Å². The monoisotopic (exact) mass is 114 g/mol. The summed E-state index contributed by atoms with van der Waals surface area (Å²) in [5.41, 5.74) is 0. The second-order valence-corrected chi connectivity index (χ2v) is 1.80. The van der Waals surface area contributed by atoms with Crippen molar-refractivity contribution >= 4 is 5.84 Å². The maximum atomic E-state index is 8.80. The highest BCUT2D eigenvalue weighted by atomic mass is 16.3. The lowest BCUT2D eigenvalue weighted by Crippen LogP contribution is -2.28. The number of aliphatic hydroxyl groups is 1. The molecule has 0 spiro atoms. The third-order valence-corrected chi connectivity index (χ3v) is 1.12. The molecule has 0 aromatic carbocycles. The smallest absolute Gasteiger partial charge is 0.145 e. The van der Waals surface area contributed by atoms with Gasteiger partial charge in [0, 0.05) is 6.42 Å². The minimum absolute atomic E-state index is 0.426. The van der Waals surface area contributed by atoms with Gasteiger partial charge in [-0.1, -0.05) is 6.92 Å². The molecule has 0 radical (unpaired) electrons. The Hall–Kier alpha value is -0.570. The summed E-state index contributed by atoms with van der Waals surface area (Å²) in [7, 11) is 0. The number of rotatable bonds is 1. The van der Waals surface area contributed by atoms with Crippen LogP contribution in [-0.4, -0.2) is 23.7 Å². The summed E-state index contributed by atoms with van der Waals surface area (Å²) in [6.45, 7) is 2.52. The van der Waals surface area contributed by atoms with Crippen LogP contribution < -0.4 is 5.32 Å². The van der Waals surface area contributed by atoms with E-state index in [4.69, 9.17) is 5.11 Å². The highest BCUT2D eigenvalue weighted by Gasteiger charge is 2.10. The Bertz CT molecular complexity index is 111. The van der Waals surface area contributed by atoms with Gasteiger partial charge in [-0.3, -0.25) is 4.99 Å². The van der Waals surface area contributed by atoms with Crippen molar-refractivity contribution in [1.82, 2.24) is 5.32 Å². The molecule has 3 heteroatoms. The van der Waals surface area contributed by atoms with Gasteiger partial charge in [0.05, 0.1) is 12.4 Å². The zero-order chi connectivity index (χ0) is 5.98. The fraction of sp³-hybridized carbons (Fsp3) is 0.800. The van der Waals surface area contributed by atoms with Gasteiger partial charge in [0.2, 0.25) is 0 Å². The summed E-state index contributed by atoms with van der Waals surface area (Å²) >= 11 is 0. The van der Waals surface area contributed by atoms with Crippen molar-refractivity contribution in [3.8, 4) is 0 Å². The zero-order valence-electron chi connectivity index (χ0n) is 4.89. The van der Waals surface area contributed by atoms with E-state index in [1.807, 2.05) is 6.92 Å². The first-order chi connectivity index (χ1) is 3.83. The second kappa shape index (κ2) is 2.13. The van der Waals surface area contributed by atoms with Crippen LogP contribution in [0.1, 0.15) is 13.3 Å². The summed E-state index contributed by atoms with van der Waals surface area (Å²) in [5.74, 6) is 0.914. The summed E-state index contributed by atoms with van der Waals surface area (Å²) < 4.78 is 0. The Morgan fingerprint density at radius 3 is 3.00 bits per heavy atom. The first kappa shape index (κ1) is 5.56. The van der Waals surface area contributed by atoms with Crippen molar-refractivity contribution in [2.24, 2.45) is 4.99 Å². The molecule has 0 aromatic heterocycles. The number of aliphatic hydroxyl groups excluding tert-OH is 1. The number of hydrogen-bond donors (Lipinski definition) is 2. The lowest BCUT2D eigenvalue weighted by molar-refractivity contribution is 0.178. The molecule has 3 nitrogen and oxygen atoms in total. The lowest BCUT2D eigenvalue weighted by atomic mass is 10.4. The van der Waals surface area contributed by atoms with E-state index < -0.39 is 6.23 Å². The van der Waals surface area contributed by atoms with E-state index in [-0.39, 0.29) is 0 Å². The largest absolute Gasteiger partial charge is 0.372 e. The summed E-state index contributed by atoms with van der Waals surface area (Å²) in [6.07, 6.45) is 0.460. The van der Waals surface area contributed by atoms with Crippen LogP contribution in [0.5, 0.6) is 0 Å². The van der Waals surface area contributed by atoms with Crippen LogP contribution >= 0.6 is 0 Å². The van der Waals surface area contributed by atoms with E-state index in [1.54, 1.807) is 0 Å². The van der Waals surface area contributed by atoms with E-state index in [0.717, 1.165) is 12.3 Å². The average molecular weight is 114 g/mol. The van der Waals surface area contributed by atoms with E-state index in [2.05, 4.69) is 10.3 Å². The lowest BCUT2D eigenvalue weighted by Gasteiger charge is -2.00. The SMILES string of the molecule is CCC1=NCC(O)N1. The van der Waals surface area contributed by atoms with E-state index in [9.17, 15) is 0 Å². The van der Waals surface area contributed by atoms with Crippen LogP contribution in [0.3, 0.4) is 0 Å². The molecule has 0 bridgehead atoms. The number of hydrogen-bond acceptors (Lipinski definition) is 3. The summed E-state index contributed by atoms with van der Waals surface area (Å²) in [4.78, 5) is 3.99.